The van der Waals surface area contributed by atoms with Crippen LogP contribution in [-0.2, 0) is 0 Å². The van der Waals surface area contributed by atoms with E-state index in [9.17, 15) is 0 Å². The zero-order valence-electron chi connectivity index (χ0n) is 7.58. The summed E-state index contributed by atoms with van der Waals surface area (Å²) < 4.78 is 10.4. The predicted octanol–water partition coefficient (Wildman–Crippen LogP) is 3.07. The molecule has 1 aromatic carbocycles. The first-order valence-corrected chi connectivity index (χ1v) is 4.72. The van der Waals surface area contributed by atoms with Crippen molar-refractivity contribution in [1.82, 2.24) is 0 Å². The molecule has 0 spiro atoms. The second-order valence-corrected chi connectivity index (χ2v) is 2.90. The first-order chi connectivity index (χ1) is 6.33. The van der Waals surface area contributed by atoms with Gasteiger partial charge in [0.05, 0.1) is 19.8 Å². The summed E-state index contributed by atoms with van der Waals surface area (Å²) in [6, 6.07) is 5.68. The molecule has 70 valence electrons. The smallest absolute Gasteiger partial charge is 0.129 e. The van der Waals surface area contributed by atoms with Gasteiger partial charge in [-0.15, -0.1) is 0 Å². The average molecular weight is 243 g/mol. The van der Waals surface area contributed by atoms with E-state index in [1.807, 2.05) is 24.3 Å². The Morgan fingerprint density at radius 3 is 2.08 bits per heavy atom. The van der Waals surface area contributed by atoms with Gasteiger partial charge < -0.3 is 9.47 Å². The van der Waals surface area contributed by atoms with Crippen molar-refractivity contribution >= 4 is 22.0 Å². The number of ether oxygens (including phenoxy) is 2. The van der Waals surface area contributed by atoms with Crippen molar-refractivity contribution in [1.29, 1.82) is 0 Å². The van der Waals surface area contributed by atoms with E-state index in [0.29, 0.717) is 0 Å². The Balaban J connectivity index is 3.21. The van der Waals surface area contributed by atoms with Crippen LogP contribution in [0.3, 0.4) is 0 Å². The number of rotatable bonds is 3. The van der Waals surface area contributed by atoms with E-state index in [2.05, 4.69) is 15.9 Å². The third-order valence-corrected chi connectivity index (χ3v) is 1.96. The van der Waals surface area contributed by atoms with Crippen molar-refractivity contribution in [3.05, 3.63) is 28.7 Å². The molecule has 0 aliphatic rings. The lowest BCUT2D eigenvalue weighted by atomic mass is 10.2. The van der Waals surface area contributed by atoms with E-state index in [4.69, 9.17) is 9.47 Å². The maximum atomic E-state index is 5.19. The van der Waals surface area contributed by atoms with E-state index >= 15 is 0 Å². The SMILES string of the molecule is COc1cccc(OC)c1/C=C/Br. The summed E-state index contributed by atoms with van der Waals surface area (Å²) in [5.41, 5.74) is 0.935. The number of hydrogen-bond acceptors (Lipinski definition) is 2. The van der Waals surface area contributed by atoms with Crippen LogP contribution in [0.1, 0.15) is 5.56 Å². The van der Waals surface area contributed by atoms with E-state index in [0.717, 1.165) is 17.1 Å². The summed E-state index contributed by atoms with van der Waals surface area (Å²) in [4.78, 5) is 1.77. The summed E-state index contributed by atoms with van der Waals surface area (Å²) in [7, 11) is 3.28. The van der Waals surface area contributed by atoms with Crippen LogP contribution >= 0.6 is 15.9 Å². The van der Waals surface area contributed by atoms with Crippen LogP contribution in [0.15, 0.2) is 23.2 Å². The van der Waals surface area contributed by atoms with Crippen LogP contribution < -0.4 is 9.47 Å². The molecule has 0 aliphatic carbocycles. The van der Waals surface area contributed by atoms with Crippen LogP contribution in [-0.4, -0.2) is 14.2 Å². The first kappa shape index (κ1) is 10.1. The molecule has 2 nitrogen and oxygen atoms in total. The molecular weight excluding hydrogens is 232 g/mol. The highest BCUT2D eigenvalue weighted by atomic mass is 79.9. The van der Waals surface area contributed by atoms with Crippen molar-refractivity contribution in [2.45, 2.75) is 0 Å². The van der Waals surface area contributed by atoms with E-state index in [1.165, 1.54) is 0 Å². The van der Waals surface area contributed by atoms with Crippen LogP contribution in [0.5, 0.6) is 11.5 Å². The number of benzene rings is 1. The Hall–Kier alpha value is -0.960. The zero-order valence-corrected chi connectivity index (χ0v) is 9.17. The normalized spacial score (nSPS) is 10.4. The minimum absolute atomic E-state index is 0.801. The highest BCUT2D eigenvalue weighted by Crippen LogP contribution is 2.29. The molecule has 0 aliphatic heterocycles. The molecule has 0 amide bonds. The Morgan fingerprint density at radius 2 is 1.69 bits per heavy atom. The Kier molecular flexibility index (Phi) is 3.83. The molecule has 0 saturated heterocycles. The average Bonchev–Trinajstić information content (AvgIpc) is 2.18. The largest absolute Gasteiger partial charge is 0.496 e. The van der Waals surface area contributed by atoms with Crippen molar-refractivity contribution in [2.24, 2.45) is 0 Å². The predicted molar refractivity (Wildman–Crippen MR) is 57.5 cm³/mol. The highest BCUT2D eigenvalue weighted by molar-refractivity contribution is 9.11. The van der Waals surface area contributed by atoms with Gasteiger partial charge in [-0.25, -0.2) is 0 Å². The fourth-order valence-corrected chi connectivity index (χ4v) is 1.37. The quantitative estimate of drug-likeness (QED) is 0.812. The van der Waals surface area contributed by atoms with Gasteiger partial charge in [0.25, 0.3) is 0 Å². The molecule has 0 heterocycles. The third-order valence-electron chi connectivity index (χ3n) is 1.70. The number of halogens is 1. The van der Waals surface area contributed by atoms with E-state index < -0.39 is 0 Å². The first-order valence-electron chi connectivity index (χ1n) is 3.81. The number of hydrogen-bond donors (Lipinski definition) is 0. The molecule has 3 heteroatoms. The molecule has 0 aromatic heterocycles. The summed E-state index contributed by atoms with van der Waals surface area (Å²) in [5.74, 6) is 1.60. The maximum Gasteiger partial charge on any atom is 0.129 e. The maximum absolute atomic E-state index is 5.19. The van der Waals surface area contributed by atoms with Gasteiger partial charge in [0.1, 0.15) is 11.5 Å². The molecule has 0 radical (unpaired) electrons. The molecule has 0 atom stereocenters. The zero-order chi connectivity index (χ0) is 9.68. The summed E-state index contributed by atoms with van der Waals surface area (Å²) in [6.07, 6.45) is 1.89. The molecule has 0 fully saturated rings. The van der Waals surface area contributed by atoms with Gasteiger partial charge >= 0.3 is 0 Å². The Morgan fingerprint density at radius 1 is 1.15 bits per heavy atom. The molecule has 1 rings (SSSR count). The van der Waals surface area contributed by atoms with Crippen LogP contribution in [0.25, 0.3) is 6.08 Å². The number of methoxy groups -OCH3 is 2. The fourth-order valence-electron chi connectivity index (χ4n) is 1.11. The fraction of sp³-hybridized carbons (Fsp3) is 0.200. The lowest BCUT2D eigenvalue weighted by molar-refractivity contribution is 0.392. The van der Waals surface area contributed by atoms with Gasteiger partial charge in [-0.05, 0) is 23.2 Å². The minimum atomic E-state index is 0.801. The van der Waals surface area contributed by atoms with Crippen molar-refractivity contribution in [3.63, 3.8) is 0 Å². The minimum Gasteiger partial charge on any atom is -0.496 e. The molecule has 1 aromatic rings. The van der Waals surface area contributed by atoms with Crippen LogP contribution in [0.4, 0.5) is 0 Å². The van der Waals surface area contributed by atoms with Crippen molar-refractivity contribution < 1.29 is 9.47 Å². The van der Waals surface area contributed by atoms with Crippen LogP contribution in [0, 0.1) is 0 Å². The topological polar surface area (TPSA) is 18.5 Å². The Bertz CT molecular complexity index is 286. The molecule has 13 heavy (non-hydrogen) atoms. The second-order valence-electron chi connectivity index (χ2n) is 2.37. The third kappa shape index (κ3) is 2.25. The second kappa shape index (κ2) is 4.92. The van der Waals surface area contributed by atoms with Gasteiger partial charge in [-0.1, -0.05) is 22.0 Å². The lowest BCUT2D eigenvalue weighted by Gasteiger charge is -2.08. The van der Waals surface area contributed by atoms with Gasteiger partial charge in [0, 0.05) is 0 Å². The van der Waals surface area contributed by atoms with Crippen molar-refractivity contribution in [3.8, 4) is 11.5 Å². The molecule has 0 saturated carbocycles. The monoisotopic (exact) mass is 242 g/mol. The van der Waals surface area contributed by atoms with Crippen LogP contribution in [0.2, 0.25) is 0 Å². The van der Waals surface area contributed by atoms with Gasteiger partial charge in [-0.3, -0.25) is 0 Å². The van der Waals surface area contributed by atoms with Crippen molar-refractivity contribution in [2.75, 3.05) is 14.2 Å². The Labute approximate surface area is 86.3 Å². The van der Waals surface area contributed by atoms with E-state index in [1.54, 1.807) is 19.2 Å². The summed E-state index contributed by atoms with van der Waals surface area (Å²) in [6.45, 7) is 0. The van der Waals surface area contributed by atoms with Gasteiger partial charge in [0.15, 0.2) is 0 Å². The molecule has 0 N–H and O–H groups in total. The van der Waals surface area contributed by atoms with Gasteiger partial charge in [-0.2, -0.15) is 0 Å². The molecular formula is C10H11BrO2. The van der Waals surface area contributed by atoms with Gasteiger partial charge in [0.2, 0.25) is 0 Å². The standard InChI is InChI=1S/C10H11BrO2/c1-12-9-4-3-5-10(13-2)8(9)6-7-11/h3-7H,1-2H3/b7-6+. The molecule has 0 unspecified atom stereocenters. The highest BCUT2D eigenvalue weighted by Gasteiger charge is 2.04. The molecule has 0 bridgehead atoms. The van der Waals surface area contributed by atoms with E-state index in [-0.39, 0.29) is 0 Å². The summed E-state index contributed by atoms with van der Waals surface area (Å²) >= 11 is 3.22. The summed E-state index contributed by atoms with van der Waals surface area (Å²) in [5, 5.41) is 0. The lowest BCUT2D eigenvalue weighted by Crippen LogP contribution is -1.91.